The number of anilines is 2. The average molecular weight is 406 g/mol. The van der Waals surface area contributed by atoms with Gasteiger partial charge in [0.2, 0.25) is 5.91 Å². The SMILES string of the molecule is CC(=O)N1c2ccc(I)cc2[C@H](Nc2ccccc2)C[C@H]1C. The lowest BCUT2D eigenvalue weighted by atomic mass is 9.91. The van der Waals surface area contributed by atoms with Gasteiger partial charge in [-0.2, -0.15) is 0 Å². The maximum Gasteiger partial charge on any atom is 0.224 e. The van der Waals surface area contributed by atoms with Crippen LogP contribution in [0.2, 0.25) is 0 Å². The quantitative estimate of drug-likeness (QED) is 0.741. The number of fused-ring (bicyclic) bond motifs is 1. The van der Waals surface area contributed by atoms with Crippen LogP contribution in [0.25, 0.3) is 0 Å². The number of carbonyl (C=O) groups is 1. The van der Waals surface area contributed by atoms with E-state index in [4.69, 9.17) is 0 Å². The number of hydrogen-bond donors (Lipinski definition) is 1. The van der Waals surface area contributed by atoms with Crippen LogP contribution in [0.1, 0.15) is 31.9 Å². The first-order chi connectivity index (χ1) is 10.6. The molecular formula is C18H19IN2O. The molecule has 1 aliphatic rings. The number of amides is 1. The van der Waals surface area contributed by atoms with Gasteiger partial charge >= 0.3 is 0 Å². The summed E-state index contributed by atoms with van der Waals surface area (Å²) in [5, 5.41) is 3.61. The molecular weight excluding hydrogens is 387 g/mol. The number of para-hydroxylation sites is 1. The van der Waals surface area contributed by atoms with Crippen molar-refractivity contribution in [2.45, 2.75) is 32.4 Å². The molecule has 1 N–H and O–H groups in total. The Kier molecular flexibility index (Phi) is 4.38. The minimum atomic E-state index is 0.105. The normalized spacial score (nSPS) is 20.4. The highest BCUT2D eigenvalue weighted by Gasteiger charge is 2.32. The first-order valence-corrected chi connectivity index (χ1v) is 8.55. The molecule has 0 radical (unpaired) electrons. The lowest BCUT2D eigenvalue weighted by Gasteiger charge is -2.39. The third kappa shape index (κ3) is 2.97. The first kappa shape index (κ1) is 15.3. The second kappa shape index (κ2) is 6.28. The summed E-state index contributed by atoms with van der Waals surface area (Å²) in [6.07, 6.45) is 0.904. The van der Waals surface area contributed by atoms with E-state index in [1.54, 1.807) is 6.92 Å². The molecule has 1 aliphatic heterocycles. The van der Waals surface area contributed by atoms with Crippen molar-refractivity contribution in [2.75, 3.05) is 10.2 Å². The summed E-state index contributed by atoms with van der Waals surface area (Å²) in [6, 6.07) is 17.0. The number of halogens is 1. The zero-order valence-corrected chi connectivity index (χ0v) is 14.9. The Morgan fingerprint density at radius 2 is 1.95 bits per heavy atom. The second-order valence-corrected chi connectivity index (χ2v) is 6.99. The third-order valence-electron chi connectivity index (χ3n) is 4.10. The topological polar surface area (TPSA) is 32.3 Å². The zero-order valence-electron chi connectivity index (χ0n) is 12.7. The maximum absolute atomic E-state index is 12.0. The number of nitrogens with one attached hydrogen (secondary N) is 1. The molecule has 2 aromatic carbocycles. The van der Waals surface area contributed by atoms with Crippen LogP contribution >= 0.6 is 22.6 Å². The standard InChI is InChI=1S/C18H19IN2O/c1-12-10-17(20-15-6-4-3-5-7-15)16-11-14(19)8-9-18(16)21(12)13(2)22/h3-9,11-12,17,20H,10H2,1-2H3/t12-,17-/m1/s1. The Balaban J connectivity index is 2.00. The van der Waals surface area contributed by atoms with Crippen molar-refractivity contribution in [1.82, 2.24) is 0 Å². The lowest BCUT2D eigenvalue weighted by molar-refractivity contribution is -0.117. The van der Waals surface area contributed by atoms with Crippen molar-refractivity contribution in [3.8, 4) is 0 Å². The fourth-order valence-electron chi connectivity index (χ4n) is 3.19. The van der Waals surface area contributed by atoms with E-state index >= 15 is 0 Å². The highest BCUT2D eigenvalue weighted by atomic mass is 127. The molecule has 0 fully saturated rings. The van der Waals surface area contributed by atoms with Crippen LogP contribution in [0.5, 0.6) is 0 Å². The predicted molar refractivity (Wildman–Crippen MR) is 99.2 cm³/mol. The zero-order chi connectivity index (χ0) is 15.7. The van der Waals surface area contributed by atoms with Crippen molar-refractivity contribution < 1.29 is 4.79 Å². The fraction of sp³-hybridized carbons (Fsp3) is 0.278. The van der Waals surface area contributed by atoms with E-state index < -0.39 is 0 Å². The Bertz CT molecular complexity index is 687. The fourth-order valence-corrected chi connectivity index (χ4v) is 3.70. The van der Waals surface area contributed by atoms with Gasteiger partial charge in [-0.15, -0.1) is 0 Å². The monoisotopic (exact) mass is 406 g/mol. The van der Waals surface area contributed by atoms with Crippen LogP contribution in [-0.2, 0) is 4.79 Å². The molecule has 1 heterocycles. The molecule has 0 saturated carbocycles. The van der Waals surface area contributed by atoms with E-state index in [0.717, 1.165) is 17.8 Å². The summed E-state index contributed by atoms with van der Waals surface area (Å²) < 4.78 is 1.19. The maximum atomic E-state index is 12.0. The second-order valence-electron chi connectivity index (χ2n) is 5.74. The van der Waals surface area contributed by atoms with E-state index in [2.05, 4.69) is 65.2 Å². The van der Waals surface area contributed by atoms with E-state index in [0.29, 0.717) is 0 Å². The number of benzene rings is 2. The molecule has 0 saturated heterocycles. The predicted octanol–water partition coefficient (Wildman–Crippen LogP) is 4.59. The van der Waals surface area contributed by atoms with Gasteiger partial charge in [-0.3, -0.25) is 4.79 Å². The first-order valence-electron chi connectivity index (χ1n) is 7.47. The molecule has 0 unspecified atom stereocenters. The molecule has 3 rings (SSSR count). The van der Waals surface area contributed by atoms with Gasteiger partial charge in [0.05, 0.1) is 6.04 Å². The summed E-state index contributed by atoms with van der Waals surface area (Å²) in [4.78, 5) is 13.9. The van der Waals surface area contributed by atoms with Crippen LogP contribution in [0.3, 0.4) is 0 Å². The average Bonchev–Trinajstić information content (AvgIpc) is 2.48. The minimum Gasteiger partial charge on any atom is -0.378 e. The van der Waals surface area contributed by atoms with E-state index in [1.807, 2.05) is 23.1 Å². The van der Waals surface area contributed by atoms with Gasteiger partial charge in [0.1, 0.15) is 0 Å². The van der Waals surface area contributed by atoms with Crippen LogP contribution in [0, 0.1) is 3.57 Å². The van der Waals surface area contributed by atoms with Crippen molar-refractivity contribution >= 4 is 39.9 Å². The Morgan fingerprint density at radius 1 is 1.23 bits per heavy atom. The van der Waals surface area contributed by atoms with Crippen molar-refractivity contribution in [3.63, 3.8) is 0 Å². The number of rotatable bonds is 2. The van der Waals surface area contributed by atoms with Gasteiger partial charge in [0, 0.05) is 27.9 Å². The Labute approximate surface area is 144 Å². The minimum absolute atomic E-state index is 0.105. The van der Waals surface area contributed by atoms with Gasteiger partial charge in [-0.25, -0.2) is 0 Å². The molecule has 4 heteroatoms. The molecule has 0 bridgehead atoms. The molecule has 2 atom stereocenters. The largest absolute Gasteiger partial charge is 0.378 e. The van der Waals surface area contributed by atoms with Gasteiger partial charge in [0.25, 0.3) is 0 Å². The molecule has 1 amide bonds. The van der Waals surface area contributed by atoms with E-state index in [-0.39, 0.29) is 18.0 Å². The van der Waals surface area contributed by atoms with Crippen molar-refractivity contribution in [3.05, 3.63) is 57.7 Å². The van der Waals surface area contributed by atoms with E-state index in [9.17, 15) is 4.79 Å². The third-order valence-corrected chi connectivity index (χ3v) is 4.77. The molecule has 0 aliphatic carbocycles. The van der Waals surface area contributed by atoms with Gasteiger partial charge < -0.3 is 10.2 Å². The smallest absolute Gasteiger partial charge is 0.224 e. The van der Waals surface area contributed by atoms with Crippen LogP contribution in [0.15, 0.2) is 48.5 Å². The summed E-state index contributed by atoms with van der Waals surface area (Å²) >= 11 is 2.33. The lowest BCUT2D eigenvalue weighted by Crippen LogP contribution is -2.43. The highest BCUT2D eigenvalue weighted by molar-refractivity contribution is 14.1. The number of nitrogens with zero attached hydrogens (tertiary/aromatic N) is 1. The molecule has 0 aromatic heterocycles. The number of hydrogen-bond acceptors (Lipinski definition) is 2. The molecule has 0 spiro atoms. The summed E-state index contributed by atoms with van der Waals surface area (Å²) in [6.45, 7) is 3.76. The highest BCUT2D eigenvalue weighted by Crippen LogP contribution is 2.39. The summed E-state index contributed by atoms with van der Waals surface area (Å²) in [5.74, 6) is 0.105. The van der Waals surface area contributed by atoms with Gasteiger partial charge in [0.15, 0.2) is 0 Å². The van der Waals surface area contributed by atoms with Crippen LogP contribution in [-0.4, -0.2) is 11.9 Å². The van der Waals surface area contributed by atoms with Crippen molar-refractivity contribution in [2.24, 2.45) is 0 Å². The summed E-state index contributed by atoms with van der Waals surface area (Å²) in [7, 11) is 0. The molecule has 114 valence electrons. The molecule has 3 nitrogen and oxygen atoms in total. The summed E-state index contributed by atoms with van der Waals surface area (Å²) in [5.41, 5.74) is 3.34. The Morgan fingerprint density at radius 3 is 2.64 bits per heavy atom. The van der Waals surface area contributed by atoms with Crippen molar-refractivity contribution in [1.29, 1.82) is 0 Å². The van der Waals surface area contributed by atoms with Crippen LogP contribution < -0.4 is 10.2 Å². The van der Waals surface area contributed by atoms with Crippen LogP contribution in [0.4, 0.5) is 11.4 Å². The van der Waals surface area contributed by atoms with Gasteiger partial charge in [-0.1, -0.05) is 18.2 Å². The number of carbonyl (C=O) groups excluding carboxylic acids is 1. The Hall–Kier alpha value is -1.56. The van der Waals surface area contributed by atoms with E-state index in [1.165, 1.54) is 9.13 Å². The molecule has 2 aromatic rings. The van der Waals surface area contributed by atoms with Gasteiger partial charge in [-0.05, 0) is 71.8 Å². The molecule has 22 heavy (non-hydrogen) atoms.